The lowest BCUT2D eigenvalue weighted by Gasteiger charge is -2.03. The highest BCUT2D eigenvalue weighted by Crippen LogP contribution is 2.01. The number of aromatic amines is 1. The van der Waals surface area contributed by atoms with Crippen molar-refractivity contribution in [2.24, 2.45) is 7.05 Å². The van der Waals surface area contributed by atoms with Crippen LogP contribution in [-0.4, -0.2) is 21.2 Å². The van der Waals surface area contributed by atoms with Crippen molar-refractivity contribution in [3.63, 3.8) is 0 Å². The molecule has 0 spiro atoms. The van der Waals surface area contributed by atoms with Crippen LogP contribution in [-0.2, 0) is 7.05 Å². The van der Waals surface area contributed by atoms with Crippen molar-refractivity contribution in [1.29, 1.82) is 0 Å². The molecular formula is C7H8ClN3O3. The van der Waals surface area contributed by atoms with Gasteiger partial charge in [0, 0.05) is 7.05 Å². The number of rotatable bonds is 2. The monoisotopic (exact) mass is 217 g/mol. The summed E-state index contributed by atoms with van der Waals surface area (Å²) in [6.45, 7) is 0. The zero-order valence-electron chi connectivity index (χ0n) is 7.33. The lowest BCUT2D eigenvalue weighted by Crippen LogP contribution is -2.37. The summed E-state index contributed by atoms with van der Waals surface area (Å²) in [4.78, 5) is 35.7. The van der Waals surface area contributed by atoms with E-state index in [0.717, 1.165) is 4.57 Å². The third-order valence-corrected chi connectivity index (χ3v) is 1.98. The molecule has 0 aliphatic carbocycles. The number of anilines is 1. The highest BCUT2D eigenvalue weighted by molar-refractivity contribution is 6.30. The van der Waals surface area contributed by atoms with Crippen molar-refractivity contribution in [2.75, 3.05) is 11.6 Å². The van der Waals surface area contributed by atoms with Gasteiger partial charge in [0.15, 0.2) is 5.78 Å². The molecule has 0 aliphatic rings. The first-order chi connectivity index (χ1) is 6.49. The summed E-state index contributed by atoms with van der Waals surface area (Å²) in [5.74, 6) is -1.21. The number of nitrogen functional groups attached to an aromatic ring is 1. The number of aromatic nitrogens is 2. The van der Waals surface area contributed by atoms with Gasteiger partial charge >= 0.3 is 5.69 Å². The van der Waals surface area contributed by atoms with Gasteiger partial charge in [0.25, 0.3) is 5.56 Å². The quantitative estimate of drug-likeness (QED) is 0.494. The molecule has 0 saturated carbocycles. The molecule has 0 bridgehead atoms. The molecule has 1 rings (SSSR count). The predicted octanol–water partition coefficient (Wildman–Crippen LogP) is -0.923. The van der Waals surface area contributed by atoms with Crippen LogP contribution in [0, 0.1) is 0 Å². The molecular weight excluding hydrogens is 210 g/mol. The second-order valence-electron chi connectivity index (χ2n) is 2.64. The van der Waals surface area contributed by atoms with Crippen LogP contribution in [0.25, 0.3) is 0 Å². The Bertz CT molecular complexity index is 488. The van der Waals surface area contributed by atoms with Crippen LogP contribution in [0.3, 0.4) is 0 Å². The van der Waals surface area contributed by atoms with Crippen molar-refractivity contribution in [3.05, 3.63) is 26.4 Å². The number of carbonyl (C=O) groups is 1. The van der Waals surface area contributed by atoms with E-state index >= 15 is 0 Å². The number of Topliss-reactive ketones (excluding diaryl/α,β-unsaturated/α-hetero) is 1. The summed E-state index contributed by atoms with van der Waals surface area (Å²) >= 11 is 5.28. The van der Waals surface area contributed by atoms with E-state index in [2.05, 4.69) is 4.98 Å². The second kappa shape index (κ2) is 3.67. The minimum absolute atomic E-state index is 0.247. The van der Waals surface area contributed by atoms with E-state index in [9.17, 15) is 14.4 Å². The number of carbonyl (C=O) groups excluding carboxylic acids is 1. The topological polar surface area (TPSA) is 97.9 Å². The van der Waals surface area contributed by atoms with Gasteiger partial charge in [-0.05, 0) is 0 Å². The van der Waals surface area contributed by atoms with Gasteiger partial charge in [0.2, 0.25) is 0 Å². The highest BCUT2D eigenvalue weighted by atomic mass is 35.5. The van der Waals surface area contributed by atoms with Crippen LogP contribution < -0.4 is 17.0 Å². The number of hydrogen-bond donors (Lipinski definition) is 2. The van der Waals surface area contributed by atoms with Crippen LogP contribution in [0.15, 0.2) is 9.59 Å². The van der Waals surface area contributed by atoms with Gasteiger partial charge < -0.3 is 5.73 Å². The number of nitrogens with zero attached hydrogens (tertiary/aromatic N) is 1. The Balaban J connectivity index is 3.61. The Hall–Kier alpha value is -1.56. The fraction of sp³-hybridized carbons (Fsp3) is 0.286. The van der Waals surface area contributed by atoms with Crippen LogP contribution in [0.2, 0.25) is 0 Å². The van der Waals surface area contributed by atoms with Crippen LogP contribution in [0.5, 0.6) is 0 Å². The van der Waals surface area contributed by atoms with Gasteiger partial charge in [-0.25, -0.2) is 4.79 Å². The maximum Gasteiger partial charge on any atom is 0.329 e. The number of hydrogen-bond acceptors (Lipinski definition) is 4. The molecule has 76 valence electrons. The maximum atomic E-state index is 11.4. The van der Waals surface area contributed by atoms with E-state index in [1.807, 2.05) is 0 Å². The maximum absolute atomic E-state index is 11.4. The van der Waals surface area contributed by atoms with Crippen LogP contribution in [0.4, 0.5) is 5.82 Å². The van der Waals surface area contributed by atoms with Crippen molar-refractivity contribution in [1.82, 2.24) is 9.55 Å². The molecule has 0 aliphatic heterocycles. The summed E-state index contributed by atoms with van der Waals surface area (Å²) < 4.78 is 0.760. The second-order valence-corrected chi connectivity index (χ2v) is 2.91. The molecule has 6 nitrogen and oxygen atoms in total. The molecule has 14 heavy (non-hydrogen) atoms. The van der Waals surface area contributed by atoms with Gasteiger partial charge in [-0.15, -0.1) is 11.6 Å². The first-order valence-electron chi connectivity index (χ1n) is 3.67. The van der Waals surface area contributed by atoms with Crippen LogP contribution in [0.1, 0.15) is 10.4 Å². The Morgan fingerprint density at radius 3 is 2.64 bits per heavy atom. The van der Waals surface area contributed by atoms with E-state index in [1.54, 1.807) is 0 Å². The minimum Gasteiger partial charge on any atom is -0.384 e. The minimum atomic E-state index is -0.739. The van der Waals surface area contributed by atoms with E-state index in [-0.39, 0.29) is 17.3 Å². The van der Waals surface area contributed by atoms with Gasteiger partial charge in [-0.3, -0.25) is 19.1 Å². The Morgan fingerprint density at radius 1 is 1.57 bits per heavy atom. The Labute approximate surface area is 83.3 Å². The zero-order chi connectivity index (χ0) is 10.9. The Morgan fingerprint density at radius 2 is 2.14 bits per heavy atom. The molecule has 0 fully saturated rings. The number of alkyl halides is 1. The summed E-state index contributed by atoms with van der Waals surface area (Å²) in [5, 5.41) is 0. The third-order valence-electron chi connectivity index (χ3n) is 1.73. The van der Waals surface area contributed by atoms with Gasteiger partial charge in [-0.2, -0.15) is 0 Å². The molecule has 1 aromatic rings. The van der Waals surface area contributed by atoms with Crippen molar-refractivity contribution in [3.8, 4) is 0 Å². The molecule has 0 saturated heterocycles. The molecule has 0 amide bonds. The number of halogens is 1. The molecule has 0 atom stereocenters. The lowest BCUT2D eigenvalue weighted by atomic mass is 10.2. The molecule has 7 heteroatoms. The summed E-state index contributed by atoms with van der Waals surface area (Å²) in [6.07, 6.45) is 0. The molecule has 1 heterocycles. The van der Waals surface area contributed by atoms with Gasteiger partial charge in [0.05, 0.1) is 5.88 Å². The van der Waals surface area contributed by atoms with Gasteiger partial charge in [0.1, 0.15) is 11.4 Å². The van der Waals surface area contributed by atoms with E-state index in [4.69, 9.17) is 17.3 Å². The molecule has 0 radical (unpaired) electrons. The summed E-state index contributed by atoms with van der Waals surface area (Å²) in [5.41, 5.74) is 3.64. The lowest BCUT2D eigenvalue weighted by molar-refractivity contribution is 0.101. The van der Waals surface area contributed by atoms with Crippen LogP contribution >= 0.6 is 11.6 Å². The number of ketones is 1. The van der Waals surface area contributed by atoms with E-state index in [0.29, 0.717) is 0 Å². The highest BCUT2D eigenvalue weighted by Gasteiger charge is 2.16. The molecule has 0 aromatic carbocycles. The normalized spacial score (nSPS) is 10.1. The van der Waals surface area contributed by atoms with E-state index in [1.165, 1.54) is 7.05 Å². The van der Waals surface area contributed by atoms with Crippen molar-refractivity contribution >= 4 is 23.2 Å². The number of H-pyrrole nitrogens is 1. The predicted molar refractivity (Wildman–Crippen MR) is 51.8 cm³/mol. The van der Waals surface area contributed by atoms with Crippen molar-refractivity contribution in [2.45, 2.75) is 0 Å². The molecule has 0 unspecified atom stereocenters. The van der Waals surface area contributed by atoms with E-state index < -0.39 is 17.0 Å². The number of nitrogens with two attached hydrogens (primary N) is 1. The molecule has 1 aromatic heterocycles. The SMILES string of the molecule is Cn1c(=O)[nH]c(N)c(C(=O)CCl)c1=O. The Kier molecular flexibility index (Phi) is 2.76. The molecule has 3 N–H and O–H groups in total. The summed E-state index contributed by atoms with van der Waals surface area (Å²) in [7, 11) is 1.24. The third kappa shape index (κ3) is 1.56. The zero-order valence-corrected chi connectivity index (χ0v) is 8.09. The van der Waals surface area contributed by atoms with Gasteiger partial charge in [-0.1, -0.05) is 0 Å². The van der Waals surface area contributed by atoms with Crippen molar-refractivity contribution < 1.29 is 4.79 Å². The summed E-state index contributed by atoms with van der Waals surface area (Å²) in [6, 6.07) is 0. The first kappa shape index (κ1) is 10.5. The largest absolute Gasteiger partial charge is 0.384 e. The fourth-order valence-electron chi connectivity index (χ4n) is 0.973. The first-order valence-corrected chi connectivity index (χ1v) is 4.20. The smallest absolute Gasteiger partial charge is 0.329 e. The number of nitrogens with one attached hydrogen (secondary N) is 1. The average molecular weight is 218 g/mol. The average Bonchev–Trinajstić information content (AvgIpc) is 2.14. The fourth-order valence-corrected chi connectivity index (χ4v) is 1.11. The standard InChI is InChI=1S/C7H8ClN3O3/c1-11-6(13)4(3(12)2-8)5(9)10-7(11)14/h2,9H2,1H3,(H,10,14).